The van der Waals surface area contributed by atoms with E-state index in [2.05, 4.69) is 27.4 Å². The molecule has 1 fully saturated rings. The molecular weight excluding hydrogens is 489 g/mol. The minimum absolute atomic E-state index is 0. The molecule has 1 aromatic carbocycles. The Morgan fingerprint density at radius 3 is 2.75 bits per heavy atom. The lowest BCUT2D eigenvalue weighted by Gasteiger charge is -2.30. The number of primary amides is 1. The molecule has 1 aromatic rings. The van der Waals surface area contributed by atoms with E-state index in [-0.39, 0.29) is 35.8 Å². The minimum Gasteiger partial charge on any atom is -0.369 e. The van der Waals surface area contributed by atoms with E-state index in [1.165, 1.54) is 5.56 Å². The van der Waals surface area contributed by atoms with Gasteiger partial charge in [0.1, 0.15) is 0 Å². The number of nitrogens with one attached hydrogen (secondary N) is 2. The third-order valence-corrected chi connectivity index (χ3v) is 5.03. The molecule has 6 nitrogen and oxygen atoms in total. The van der Waals surface area contributed by atoms with Crippen molar-refractivity contribution in [3.05, 3.63) is 34.9 Å². The van der Waals surface area contributed by atoms with Crippen LogP contribution in [0.5, 0.6) is 0 Å². The fourth-order valence-electron chi connectivity index (χ4n) is 3.29. The highest BCUT2D eigenvalue weighted by molar-refractivity contribution is 14.0. The highest BCUT2D eigenvalue weighted by Gasteiger charge is 2.23. The summed E-state index contributed by atoms with van der Waals surface area (Å²) in [6.45, 7) is 7.27. The number of guanidine groups is 1. The Hall–Kier alpha value is -1.06. The van der Waals surface area contributed by atoms with E-state index in [1.54, 1.807) is 0 Å². The summed E-state index contributed by atoms with van der Waals surface area (Å²) in [4.78, 5) is 18.3. The van der Waals surface area contributed by atoms with Gasteiger partial charge in [0, 0.05) is 31.2 Å². The van der Waals surface area contributed by atoms with Crippen molar-refractivity contribution in [1.82, 2.24) is 15.5 Å². The van der Waals surface area contributed by atoms with E-state index in [9.17, 15) is 4.79 Å². The molecule has 1 aliphatic heterocycles. The number of likely N-dealkylation sites (tertiary alicyclic amines) is 1. The van der Waals surface area contributed by atoms with Gasteiger partial charge in [-0.1, -0.05) is 23.7 Å². The van der Waals surface area contributed by atoms with Gasteiger partial charge in [-0.3, -0.25) is 9.79 Å². The molecule has 158 valence electrons. The predicted molar refractivity (Wildman–Crippen MR) is 128 cm³/mol. The maximum absolute atomic E-state index is 11.4. The van der Waals surface area contributed by atoms with E-state index in [4.69, 9.17) is 17.3 Å². The van der Waals surface area contributed by atoms with Crippen LogP contribution in [-0.2, 0) is 11.2 Å². The number of hydrogen-bond donors (Lipinski definition) is 3. The second-order valence-electron chi connectivity index (χ2n) is 6.96. The van der Waals surface area contributed by atoms with E-state index < -0.39 is 0 Å². The van der Waals surface area contributed by atoms with Crippen LogP contribution in [0.4, 0.5) is 0 Å². The summed E-state index contributed by atoms with van der Waals surface area (Å²) in [6.07, 6.45) is 3.86. The summed E-state index contributed by atoms with van der Waals surface area (Å²) < 4.78 is 0. The zero-order valence-electron chi connectivity index (χ0n) is 16.6. The lowest BCUT2D eigenvalue weighted by molar-refractivity contribution is -0.123. The van der Waals surface area contributed by atoms with Crippen molar-refractivity contribution in [3.8, 4) is 0 Å². The van der Waals surface area contributed by atoms with Gasteiger partial charge in [0.05, 0.1) is 5.92 Å². The van der Waals surface area contributed by atoms with Gasteiger partial charge < -0.3 is 21.3 Å². The molecule has 0 saturated carbocycles. The number of carbonyl (C=O) groups is 1. The van der Waals surface area contributed by atoms with Crippen LogP contribution in [0.25, 0.3) is 0 Å². The zero-order valence-corrected chi connectivity index (χ0v) is 19.7. The molecule has 0 bridgehead atoms. The summed E-state index contributed by atoms with van der Waals surface area (Å²) in [5, 5.41) is 7.42. The van der Waals surface area contributed by atoms with Gasteiger partial charge >= 0.3 is 0 Å². The van der Waals surface area contributed by atoms with Gasteiger partial charge in [-0.25, -0.2) is 0 Å². The van der Waals surface area contributed by atoms with E-state index in [1.807, 2.05) is 24.3 Å². The summed E-state index contributed by atoms with van der Waals surface area (Å²) in [7, 11) is 0. The number of benzene rings is 1. The normalized spacial score (nSPS) is 17.6. The van der Waals surface area contributed by atoms with Crippen LogP contribution in [0, 0.1) is 5.92 Å². The summed E-state index contributed by atoms with van der Waals surface area (Å²) in [5.41, 5.74) is 6.69. The third kappa shape index (κ3) is 9.43. The summed E-state index contributed by atoms with van der Waals surface area (Å²) >= 11 is 5.92. The predicted octanol–water partition coefficient (Wildman–Crippen LogP) is 2.64. The van der Waals surface area contributed by atoms with Crippen molar-refractivity contribution in [2.75, 3.05) is 39.3 Å². The standard InChI is InChI=1S/C20H32ClN5O.HI/c1-2-23-20(25-12-10-16-6-8-18(21)9-7-16)24-11-4-14-26-13-3-5-17(15-26)19(22)27;/h6-9,17H,2-5,10-15H2,1H3,(H2,22,27)(H2,23,24,25);1H. The molecule has 0 spiro atoms. The summed E-state index contributed by atoms with van der Waals surface area (Å²) in [5.74, 6) is 0.686. The molecule has 1 saturated heterocycles. The zero-order chi connectivity index (χ0) is 19.5. The first-order chi connectivity index (χ1) is 13.1. The van der Waals surface area contributed by atoms with Crippen molar-refractivity contribution in [1.29, 1.82) is 0 Å². The van der Waals surface area contributed by atoms with Gasteiger partial charge in [-0.2, -0.15) is 0 Å². The maximum Gasteiger partial charge on any atom is 0.221 e. The second-order valence-corrected chi connectivity index (χ2v) is 7.40. The first kappa shape index (κ1) is 25.0. The monoisotopic (exact) mass is 521 g/mol. The van der Waals surface area contributed by atoms with E-state index in [0.29, 0.717) is 0 Å². The van der Waals surface area contributed by atoms with Crippen molar-refractivity contribution in [2.45, 2.75) is 32.6 Å². The Morgan fingerprint density at radius 1 is 1.32 bits per heavy atom. The van der Waals surface area contributed by atoms with Gasteiger partial charge in [-0.05, 0) is 63.4 Å². The average Bonchev–Trinajstić information content (AvgIpc) is 2.67. The maximum atomic E-state index is 11.4. The number of piperidine rings is 1. The number of halogens is 2. The Kier molecular flexibility index (Phi) is 12.5. The molecule has 2 rings (SSSR count). The van der Waals surface area contributed by atoms with Crippen molar-refractivity contribution < 1.29 is 4.79 Å². The Balaban J connectivity index is 0.00000392. The first-order valence-electron chi connectivity index (χ1n) is 9.86. The molecule has 1 unspecified atom stereocenters. The Labute approximate surface area is 190 Å². The van der Waals surface area contributed by atoms with Crippen molar-refractivity contribution >= 4 is 47.4 Å². The van der Waals surface area contributed by atoms with Crippen LogP contribution in [-0.4, -0.2) is 56.0 Å². The number of aliphatic imine (C=N–C) groups is 1. The molecule has 1 atom stereocenters. The topological polar surface area (TPSA) is 82.8 Å². The second kappa shape index (κ2) is 14.0. The van der Waals surface area contributed by atoms with Crippen LogP contribution >= 0.6 is 35.6 Å². The smallest absolute Gasteiger partial charge is 0.221 e. The van der Waals surface area contributed by atoms with Gasteiger partial charge in [-0.15, -0.1) is 24.0 Å². The highest BCUT2D eigenvalue weighted by Crippen LogP contribution is 2.16. The lowest BCUT2D eigenvalue weighted by Crippen LogP contribution is -2.41. The molecule has 4 N–H and O–H groups in total. The summed E-state index contributed by atoms with van der Waals surface area (Å²) in [6, 6.07) is 7.93. The molecule has 0 aromatic heterocycles. The quantitative estimate of drug-likeness (QED) is 0.202. The largest absolute Gasteiger partial charge is 0.369 e. The molecule has 1 amide bonds. The fraction of sp³-hybridized carbons (Fsp3) is 0.600. The van der Waals surface area contributed by atoms with Crippen LogP contribution in [0.3, 0.4) is 0 Å². The molecule has 0 aliphatic carbocycles. The van der Waals surface area contributed by atoms with Gasteiger partial charge in [0.25, 0.3) is 0 Å². The number of carbonyl (C=O) groups excluding carboxylic acids is 1. The third-order valence-electron chi connectivity index (χ3n) is 4.77. The van der Waals surface area contributed by atoms with Crippen LogP contribution in [0.15, 0.2) is 29.3 Å². The lowest BCUT2D eigenvalue weighted by atomic mass is 9.97. The molecule has 0 radical (unpaired) electrons. The fourth-order valence-corrected chi connectivity index (χ4v) is 3.42. The average molecular weight is 522 g/mol. The number of nitrogens with two attached hydrogens (primary N) is 1. The van der Waals surface area contributed by atoms with Crippen LogP contribution < -0.4 is 16.4 Å². The van der Waals surface area contributed by atoms with Gasteiger partial charge in [0.15, 0.2) is 5.96 Å². The molecule has 28 heavy (non-hydrogen) atoms. The van der Waals surface area contributed by atoms with Crippen molar-refractivity contribution in [2.24, 2.45) is 16.6 Å². The number of rotatable bonds is 9. The van der Waals surface area contributed by atoms with Gasteiger partial charge in [0.2, 0.25) is 5.91 Å². The number of nitrogens with zero attached hydrogens (tertiary/aromatic N) is 2. The minimum atomic E-state index is -0.169. The first-order valence-corrected chi connectivity index (χ1v) is 10.2. The molecule has 1 heterocycles. The highest BCUT2D eigenvalue weighted by atomic mass is 127. The van der Waals surface area contributed by atoms with Crippen LogP contribution in [0.1, 0.15) is 31.7 Å². The van der Waals surface area contributed by atoms with Crippen LogP contribution in [0.2, 0.25) is 5.02 Å². The Bertz CT molecular complexity index is 611. The molecule has 8 heteroatoms. The molecular formula is C20H33ClIN5O. The van der Waals surface area contributed by atoms with E-state index >= 15 is 0 Å². The molecule has 1 aliphatic rings. The van der Waals surface area contributed by atoms with Crippen molar-refractivity contribution in [3.63, 3.8) is 0 Å². The Morgan fingerprint density at radius 2 is 2.07 bits per heavy atom. The number of hydrogen-bond acceptors (Lipinski definition) is 3. The number of amides is 1. The SMILES string of the molecule is CCNC(=NCCCN1CCCC(C(N)=O)C1)NCCc1ccc(Cl)cc1.I. The van der Waals surface area contributed by atoms with E-state index in [0.717, 1.165) is 75.9 Å².